The zero-order valence-corrected chi connectivity index (χ0v) is 19.9. The second-order valence-corrected chi connectivity index (χ2v) is 14.6. The number of carbonyl (C=O) groups is 1. The molecule has 0 aromatic heterocycles. The van der Waals surface area contributed by atoms with Crippen LogP contribution in [0.5, 0.6) is 0 Å². The Morgan fingerprint density at radius 1 is 1.08 bits per heavy atom. The summed E-state index contributed by atoms with van der Waals surface area (Å²) in [5.41, 5.74) is -0.510. The van der Waals surface area contributed by atoms with Gasteiger partial charge in [-0.3, -0.25) is 0 Å². The number of unbranched alkanes of at least 4 members (excludes halogenated alkanes) is 2. The fourth-order valence-electron chi connectivity index (χ4n) is 1.95. The minimum atomic E-state index is -1.87. The maximum Gasteiger partial charge on any atom is 0.407 e. The van der Waals surface area contributed by atoms with E-state index in [9.17, 15) is 4.79 Å². The highest BCUT2D eigenvalue weighted by atomic mass is 35.5. The predicted octanol–water partition coefficient (Wildman–Crippen LogP) is 4.90. The third kappa shape index (κ3) is 12.2. The molecule has 0 aliphatic carbocycles. The Bertz CT molecular complexity index is 407. The van der Waals surface area contributed by atoms with Crippen LogP contribution in [0.1, 0.15) is 60.8 Å². The second-order valence-electron chi connectivity index (χ2n) is 9.37. The van der Waals surface area contributed by atoms with Crippen LogP contribution in [0.25, 0.3) is 0 Å². The van der Waals surface area contributed by atoms with Crippen LogP contribution in [0.3, 0.4) is 0 Å². The number of nitrogens with one attached hydrogen (secondary N) is 2. The van der Waals surface area contributed by atoms with Gasteiger partial charge in [-0.2, -0.15) is 0 Å². The van der Waals surface area contributed by atoms with Gasteiger partial charge in [-0.15, -0.1) is 11.6 Å². The lowest BCUT2D eigenvalue weighted by Gasteiger charge is -2.37. The number of amides is 1. The Morgan fingerprint density at radius 2 is 1.69 bits per heavy atom. The molecule has 26 heavy (non-hydrogen) atoms. The number of hydrogen-bond donors (Lipinski definition) is 2. The van der Waals surface area contributed by atoms with E-state index in [1.165, 1.54) is 0 Å². The van der Waals surface area contributed by atoms with Gasteiger partial charge in [0.25, 0.3) is 0 Å². The molecule has 7 heteroatoms. The normalized spacial score (nSPS) is 14.2. The largest absolute Gasteiger partial charge is 0.444 e. The molecule has 0 aliphatic heterocycles. The number of halogens is 1. The molecule has 0 aliphatic rings. The molecule has 0 fully saturated rings. The third-order valence-corrected chi connectivity index (χ3v) is 9.32. The van der Waals surface area contributed by atoms with Crippen LogP contribution in [0.2, 0.25) is 18.1 Å². The molecule has 0 bridgehead atoms. The van der Waals surface area contributed by atoms with Gasteiger partial charge in [0.2, 0.25) is 0 Å². The summed E-state index contributed by atoms with van der Waals surface area (Å²) in [6.07, 6.45) is 2.83. The molecular formula is C19H41ClN2O3Si. The molecule has 0 heterocycles. The van der Waals surface area contributed by atoms with Gasteiger partial charge in [0.05, 0.1) is 12.6 Å². The number of carbonyl (C=O) groups excluding carboxylic acids is 1. The average molecular weight is 409 g/mol. The van der Waals surface area contributed by atoms with Crippen molar-refractivity contribution in [3.63, 3.8) is 0 Å². The number of alkyl halides is 1. The van der Waals surface area contributed by atoms with E-state index in [1.807, 2.05) is 20.8 Å². The van der Waals surface area contributed by atoms with Gasteiger partial charge in [0, 0.05) is 12.4 Å². The Balaban J connectivity index is 4.60. The van der Waals surface area contributed by atoms with Gasteiger partial charge < -0.3 is 19.8 Å². The van der Waals surface area contributed by atoms with Crippen molar-refractivity contribution in [2.45, 2.75) is 90.6 Å². The summed E-state index contributed by atoms with van der Waals surface area (Å²) < 4.78 is 11.7. The molecular weight excluding hydrogens is 368 g/mol. The van der Waals surface area contributed by atoms with Crippen LogP contribution in [-0.2, 0) is 9.16 Å². The summed E-state index contributed by atoms with van der Waals surface area (Å²) in [7, 11) is -1.87. The molecule has 0 spiro atoms. The van der Waals surface area contributed by atoms with Gasteiger partial charge in [0.1, 0.15) is 5.60 Å². The van der Waals surface area contributed by atoms with Crippen molar-refractivity contribution >= 4 is 26.0 Å². The molecule has 0 saturated heterocycles. The molecule has 1 amide bonds. The standard InChI is InChI=1S/C19H41ClN2O3Si/c1-18(2,3)25-17(23)22-16(14-21-13-11-9-10-12-20)15-24-26(7,8)19(4,5)6/h16,21H,9-15H2,1-8H3,(H,22,23). The maximum atomic E-state index is 12.1. The average Bonchev–Trinajstić information content (AvgIpc) is 2.45. The Kier molecular flexibility index (Phi) is 11.4. The van der Waals surface area contributed by atoms with E-state index < -0.39 is 20.0 Å². The van der Waals surface area contributed by atoms with E-state index in [-0.39, 0.29) is 11.1 Å². The SMILES string of the molecule is CC(C)(C)OC(=O)NC(CNCCCCCCl)CO[Si](C)(C)C(C)(C)C. The topological polar surface area (TPSA) is 59.6 Å². The highest BCUT2D eigenvalue weighted by Gasteiger charge is 2.37. The molecule has 156 valence electrons. The van der Waals surface area contributed by atoms with Crippen LogP contribution in [0.15, 0.2) is 0 Å². The third-order valence-electron chi connectivity index (χ3n) is 4.55. The predicted molar refractivity (Wildman–Crippen MR) is 114 cm³/mol. The quantitative estimate of drug-likeness (QED) is 0.290. The molecule has 0 rings (SSSR count). The smallest absolute Gasteiger partial charge is 0.407 e. The van der Waals surface area contributed by atoms with Crippen LogP contribution < -0.4 is 10.6 Å². The van der Waals surface area contributed by atoms with Gasteiger partial charge in [-0.1, -0.05) is 27.2 Å². The molecule has 0 saturated carbocycles. The highest BCUT2D eigenvalue weighted by Crippen LogP contribution is 2.36. The first-order chi connectivity index (χ1) is 11.8. The lowest BCUT2D eigenvalue weighted by Crippen LogP contribution is -2.50. The van der Waals surface area contributed by atoms with Crippen molar-refractivity contribution in [1.82, 2.24) is 10.6 Å². The van der Waals surface area contributed by atoms with Gasteiger partial charge >= 0.3 is 6.09 Å². The van der Waals surface area contributed by atoms with E-state index in [0.717, 1.165) is 25.8 Å². The van der Waals surface area contributed by atoms with Crippen LogP contribution in [0, 0.1) is 0 Å². The van der Waals surface area contributed by atoms with Gasteiger partial charge in [-0.05, 0) is 58.3 Å². The zero-order valence-electron chi connectivity index (χ0n) is 18.1. The summed E-state index contributed by atoms with van der Waals surface area (Å²) in [6, 6.07) is -0.119. The Labute approximate surface area is 167 Å². The van der Waals surface area contributed by atoms with Crippen LogP contribution in [0.4, 0.5) is 4.79 Å². The Hall–Kier alpha value is -0.303. The number of rotatable bonds is 11. The lowest BCUT2D eigenvalue weighted by atomic mass is 10.2. The van der Waals surface area contributed by atoms with E-state index in [0.29, 0.717) is 19.0 Å². The molecule has 1 unspecified atom stereocenters. The van der Waals surface area contributed by atoms with Crippen LogP contribution >= 0.6 is 11.6 Å². The number of hydrogen-bond acceptors (Lipinski definition) is 4. The first-order valence-electron chi connectivity index (χ1n) is 9.68. The first-order valence-corrected chi connectivity index (χ1v) is 13.1. The van der Waals surface area contributed by atoms with Crippen molar-refractivity contribution in [1.29, 1.82) is 0 Å². The minimum absolute atomic E-state index is 0.119. The summed E-state index contributed by atoms with van der Waals surface area (Å²) in [6.45, 7) is 18.7. The maximum absolute atomic E-state index is 12.1. The van der Waals surface area contributed by atoms with E-state index in [2.05, 4.69) is 44.5 Å². The molecule has 1 atom stereocenters. The summed E-state index contributed by atoms with van der Waals surface area (Å²) in [5.74, 6) is 0.711. The van der Waals surface area contributed by atoms with Crippen molar-refractivity contribution in [2.24, 2.45) is 0 Å². The fourth-order valence-corrected chi connectivity index (χ4v) is 3.19. The highest BCUT2D eigenvalue weighted by molar-refractivity contribution is 6.74. The van der Waals surface area contributed by atoms with Crippen molar-refractivity contribution < 1.29 is 14.0 Å². The lowest BCUT2D eigenvalue weighted by molar-refractivity contribution is 0.0485. The monoisotopic (exact) mass is 408 g/mol. The summed E-state index contributed by atoms with van der Waals surface area (Å²) >= 11 is 5.70. The number of alkyl carbamates (subject to hydrolysis) is 1. The summed E-state index contributed by atoms with van der Waals surface area (Å²) in [5, 5.41) is 6.50. The molecule has 0 aromatic rings. The molecule has 2 N–H and O–H groups in total. The molecule has 0 radical (unpaired) electrons. The zero-order chi connectivity index (χ0) is 20.4. The first kappa shape index (κ1) is 25.7. The number of ether oxygens (including phenoxy) is 1. The van der Waals surface area contributed by atoms with E-state index >= 15 is 0 Å². The molecule has 5 nitrogen and oxygen atoms in total. The molecule has 0 aromatic carbocycles. The summed E-state index contributed by atoms with van der Waals surface area (Å²) in [4.78, 5) is 12.1. The van der Waals surface area contributed by atoms with Gasteiger partial charge in [-0.25, -0.2) is 4.79 Å². The Morgan fingerprint density at radius 3 is 2.19 bits per heavy atom. The van der Waals surface area contributed by atoms with E-state index in [4.69, 9.17) is 20.8 Å². The second kappa shape index (κ2) is 11.5. The van der Waals surface area contributed by atoms with Gasteiger partial charge in [0.15, 0.2) is 8.32 Å². The van der Waals surface area contributed by atoms with Crippen molar-refractivity contribution in [3.8, 4) is 0 Å². The minimum Gasteiger partial charge on any atom is -0.444 e. The fraction of sp³-hybridized carbons (Fsp3) is 0.947. The van der Waals surface area contributed by atoms with Crippen LogP contribution in [-0.4, -0.2) is 51.6 Å². The van der Waals surface area contributed by atoms with E-state index in [1.54, 1.807) is 0 Å². The van der Waals surface area contributed by atoms with Crippen molar-refractivity contribution in [3.05, 3.63) is 0 Å². The van der Waals surface area contributed by atoms with Crippen molar-refractivity contribution in [2.75, 3.05) is 25.6 Å².